The van der Waals surface area contributed by atoms with Gasteiger partial charge in [-0.05, 0) is 24.7 Å². The van der Waals surface area contributed by atoms with E-state index in [-0.39, 0.29) is 17.9 Å². The first kappa shape index (κ1) is 13.5. The molecular formula is C13H26N2O. The number of nitrogens with two attached hydrogens (primary N) is 1. The predicted octanol–water partition coefficient (Wildman–Crippen LogP) is 2.05. The van der Waals surface area contributed by atoms with Gasteiger partial charge in [0.2, 0.25) is 5.91 Å². The summed E-state index contributed by atoms with van der Waals surface area (Å²) >= 11 is 0. The number of carbonyl (C=O) groups is 1. The van der Waals surface area contributed by atoms with Crippen molar-refractivity contribution in [2.75, 3.05) is 0 Å². The van der Waals surface area contributed by atoms with Gasteiger partial charge in [0.25, 0.3) is 0 Å². The van der Waals surface area contributed by atoms with Crippen LogP contribution in [0, 0.1) is 11.8 Å². The van der Waals surface area contributed by atoms with Crippen molar-refractivity contribution >= 4 is 5.91 Å². The number of carbonyl (C=O) groups excluding carboxylic acids is 1. The molecule has 0 bridgehead atoms. The van der Waals surface area contributed by atoms with Crippen LogP contribution in [0.25, 0.3) is 0 Å². The molecule has 1 amide bonds. The molecule has 3 heteroatoms. The summed E-state index contributed by atoms with van der Waals surface area (Å²) in [5.41, 5.74) is 5.85. The molecular weight excluding hydrogens is 200 g/mol. The maximum atomic E-state index is 11.9. The van der Waals surface area contributed by atoms with Crippen LogP contribution in [0.2, 0.25) is 0 Å². The van der Waals surface area contributed by atoms with Gasteiger partial charge in [0.15, 0.2) is 0 Å². The lowest BCUT2D eigenvalue weighted by Crippen LogP contribution is -2.50. The number of hydrogen-bond acceptors (Lipinski definition) is 2. The van der Waals surface area contributed by atoms with E-state index in [0.29, 0.717) is 12.0 Å². The van der Waals surface area contributed by atoms with Gasteiger partial charge >= 0.3 is 0 Å². The monoisotopic (exact) mass is 226 g/mol. The lowest BCUT2D eigenvalue weighted by molar-refractivity contribution is -0.124. The Labute approximate surface area is 99.2 Å². The van der Waals surface area contributed by atoms with Crippen LogP contribution in [0.15, 0.2) is 0 Å². The fourth-order valence-electron chi connectivity index (χ4n) is 2.47. The van der Waals surface area contributed by atoms with E-state index in [4.69, 9.17) is 5.73 Å². The van der Waals surface area contributed by atoms with Crippen LogP contribution in [0.3, 0.4) is 0 Å². The third-order valence-corrected chi connectivity index (χ3v) is 3.78. The minimum Gasteiger partial charge on any atom is -0.352 e. The van der Waals surface area contributed by atoms with Gasteiger partial charge in [-0.1, -0.05) is 40.0 Å². The third kappa shape index (κ3) is 3.48. The molecule has 0 aromatic heterocycles. The van der Waals surface area contributed by atoms with Crippen molar-refractivity contribution < 1.29 is 4.79 Å². The second-order valence-corrected chi connectivity index (χ2v) is 5.34. The van der Waals surface area contributed by atoms with Crippen molar-refractivity contribution in [1.29, 1.82) is 0 Å². The van der Waals surface area contributed by atoms with Crippen LogP contribution in [-0.2, 0) is 4.79 Å². The first-order valence-corrected chi connectivity index (χ1v) is 6.62. The average Bonchev–Trinajstić information content (AvgIpc) is 2.28. The van der Waals surface area contributed by atoms with Crippen LogP contribution in [0.5, 0.6) is 0 Å². The first-order valence-electron chi connectivity index (χ1n) is 6.62. The van der Waals surface area contributed by atoms with E-state index in [0.717, 1.165) is 12.8 Å². The molecule has 3 nitrogen and oxygen atoms in total. The molecule has 0 aromatic rings. The van der Waals surface area contributed by atoms with Gasteiger partial charge in [-0.15, -0.1) is 0 Å². The van der Waals surface area contributed by atoms with Crippen LogP contribution in [-0.4, -0.2) is 18.0 Å². The third-order valence-electron chi connectivity index (χ3n) is 3.78. The Morgan fingerprint density at radius 1 is 1.38 bits per heavy atom. The molecule has 1 aliphatic rings. The molecule has 1 rings (SSSR count). The quantitative estimate of drug-likeness (QED) is 0.771. The Hall–Kier alpha value is -0.570. The van der Waals surface area contributed by atoms with Crippen LogP contribution in [0.4, 0.5) is 0 Å². The molecule has 2 unspecified atom stereocenters. The van der Waals surface area contributed by atoms with Gasteiger partial charge in [0.1, 0.15) is 0 Å². The van der Waals surface area contributed by atoms with Crippen LogP contribution >= 0.6 is 0 Å². The van der Waals surface area contributed by atoms with Gasteiger partial charge in [0, 0.05) is 6.04 Å². The summed E-state index contributed by atoms with van der Waals surface area (Å²) in [6.07, 6.45) is 6.06. The van der Waals surface area contributed by atoms with Crippen LogP contribution in [0.1, 0.15) is 52.9 Å². The van der Waals surface area contributed by atoms with Crippen molar-refractivity contribution in [1.82, 2.24) is 5.32 Å². The van der Waals surface area contributed by atoms with E-state index in [1.54, 1.807) is 0 Å². The van der Waals surface area contributed by atoms with E-state index < -0.39 is 0 Å². The molecule has 0 aliphatic heterocycles. The Balaban J connectivity index is 2.48. The minimum absolute atomic E-state index is 0.0281. The van der Waals surface area contributed by atoms with E-state index in [1.165, 1.54) is 19.3 Å². The molecule has 1 fully saturated rings. The average molecular weight is 226 g/mol. The summed E-state index contributed by atoms with van der Waals surface area (Å²) in [7, 11) is 0. The van der Waals surface area contributed by atoms with Crippen molar-refractivity contribution in [3.63, 3.8) is 0 Å². The molecule has 0 heterocycles. The van der Waals surface area contributed by atoms with Gasteiger partial charge in [-0.25, -0.2) is 0 Å². The Kier molecular flexibility index (Phi) is 5.26. The molecule has 1 aliphatic carbocycles. The Morgan fingerprint density at radius 2 is 2.00 bits per heavy atom. The summed E-state index contributed by atoms with van der Waals surface area (Å²) in [5, 5.41) is 3.14. The van der Waals surface area contributed by atoms with Crippen LogP contribution < -0.4 is 11.1 Å². The zero-order valence-electron chi connectivity index (χ0n) is 10.8. The largest absolute Gasteiger partial charge is 0.352 e. The molecule has 0 radical (unpaired) electrons. The predicted molar refractivity (Wildman–Crippen MR) is 67.0 cm³/mol. The minimum atomic E-state index is -0.362. The molecule has 0 aromatic carbocycles. The summed E-state index contributed by atoms with van der Waals surface area (Å²) in [5.74, 6) is 0.890. The zero-order chi connectivity index (χ0) is 12.1. The van der Waals surface area contributed by atoms with Gasteiger partial charge in [0.05, 0.1) is 6.04 Å². The summed E-state index contributed by atoms with van der Waals surface area (Å²) in [6, 6.07) is -0.00418. The standard InChI is InChI=1S/C13H26N2O/c1-4-10-7-5-6-8-11(10)15-13(16)12(14)9(2)3/h9-12H,4-8,14H2,1-3H3,(H,15,16)/t10?,11?,12-/m0/s1. The number of hydrogen-bond donors (Lipinski definition) is 2. The summed E-state index contributed by atoms with van der Waals surface area (Å²) in [6.45, 7) is 6.18. The van der Waals surface area contributed by atoms with Crippen molar-refractivity contribution in [2.24, 2.45) is 17.6 Å². The smallest absolute Gasteiger partial charge is 0.237 e. The highest BCUT2D eigenvalue weighted by Gasteiger charge is 2.27. The highest BCUT2D eigenvalue weighted by molar-refractivity contribution is 5.82. The van der Waals surface area contributed by atoms with Gasteiger partial charge in [-0.2, -0.15) is 0 Å². The second kappa shape index (κ2) is 6.24. The van der Waals surface area contributed by atoms with E-state index >= 15 is 0 Å². The molecule has 3 atom stereocenters. The van der Waals surface area contributed by atoms with Gasteiger partial charge in [-0.3, -0.25) is 4.79 Å². The van der Waals surface area contributed by atoms with Gasteiger partial charge < -0.3 is 11.1 Å². The van der Waals surface area contributed by atoms with Crippen molar-refractivity contribution in [3.8, 4) is 0 Å². The van der Waals surface area contributed by atoms with E-state index in [9.17, 15) is 4.79 Å². The lowest BCUT2D eigenvalue weighted by atomic mass is 9.82. The molecule has 3 N–H and O–H groups in total. The molecule has 94 valence electrons. The number of rotatable bonds is 4. The maximum Gasteiger partial charge on any atom is 0.237 e. The Bertz CT molecular complexity index is 228. The maximum absolute atomic E-state index is 11.9. The zero-order valence-corrected chi connectivity index (χ0v) is 10.8. The Morgan fingerprint density at radius 3 is 2.56 bits per heavy atom. The topological polar surface area (TPSA) is 55.1 Å². The fraction of sp³-hybridized carbons (Fsp3) is 0.923. The SMILES string of the molecule is CCC1CCCCC1NC(=O)[C@@H](N)C(C)C. The van der Waals surface area contributed by atoms with Crippen molar-refractivity contribution in [2.45, 2.75) is 65.0 Å². The molecule has 16 heavy (non-hydrogen) atoms. The second-order valence-electron chi connectivity index (χ2n) is 5.34. The summed E-state index contributed by atoms with van der Waals surface area (Å²) < 4.78 is 0. The molecule has 1 saturated carbocycles. The highest BCUT2D eigenvalue weighted by Crippen LogP contribution is 2.26. The summed E-state index contributed by atoms with van der Waals surface area (Å²) in [4.78, 5) is 11.9. The van der Waals surface area contributed by atoms with Crippen molar-refractivity contribution in [3.05, 3.63) is 0 Å². The number of amides is 1. The number of nitrogens with one attached hydrogen (secondary N) is 1. The van der Waals surface area contributed by atoms with E-state index in [2.05, 4.69) is 12.2 Å². The molecule has 0 saturated heterocycles. The van der Waals surface area contributed by atoms with E-state index in [1.807, 2.05) is 13.8 Å². The fourth-order valence-corrected chi connectivity index (χ4v) is 2.47. The highest BCUT2D eigenvalue weighted by atomic mass is 16.2. The lowest BCUT2D eigenvalue weighted by Gasteiger charge is -2.32. The molecule has 0 spiro atoms. The normalized spacial score (nSPS) is 27.8. The first-order chi connectivity index (χ1) is 7.56.